The molecule has 2 fully saturated rings. The second kappa shape index (κ2) is 7.26. The quantitative estimate of drug-likeness (QED) is 0.801. The standard InChI is InChI=1S/C19H23FN4O3/c1-23-8-4-16(22-23)18(25)24-12-19(13-24)11-14(6-10-27-19)5-9-26-17-15(20)3-2-7-21-17/h2-4,7-8,14H,5-6,9-13H2,1H3/t14-/m1/s1. The number of carbonyl (C=O) groups excluding carboxylic acids is 1. The van der Waals surface area contributed by atoms with Gasteiger partial charge in [-0.15, -0.1) is 0 Å². The van der Waals surface area contributed by atoms with Crippen molar-refractivity contribution in [2.24, 2.45) is 13.0 Å². The van der Waals surface area contributed by atoms with Gasteiger partial charge in [0.05, 0.1) is 19.7 Å². The Morgan fingerprint density at radius 3 is 3.04 bits per heavy atom. The van der Waals surface area contributed by atoms with Crippen LogP contribution in [-0.2, 0) is 11.8 Å². The molecule has 1 atom stereocenters. The van der Waals surface area contributed by atoms with Crippen LogP contribution in [0, 0.1) is 11.7 Å². The van der Waals surface area contributed by atoms with Crippen LogP contribution in [0.3, 0.4) is 0 Å². The molecule has 1 amide bonds. The fourth-order valence-corrected chi connectivity index (χ4v) is 3.88. The number of aryl methyl sites for hydroxylation is 1. The minimum absolute atomic E-state index is 0.0510. The van der Waals surface area contributed by atoms with E-state index in [9.17, 15) is 9.18 Å². The highest BCUT2D eigenvalue weighted by molar-refractivity contribution is 5.93. The molecule has 2 aromatic rings. The molecule has 0 aromatic carbocycles. The number of carbonyl (C=O) groups is 1. The van der Waals surface area contributed by atoms with E-state index in [2.05, 4.69) is 10.1 Å². The zero-order valence-corrected chi connectivity index (χ0v) is 15.3. The molecule has 0 N–H and O–H groups in total. The molecule has 2 aliphatic heterocycles. The van der Waals surface area contributed by atoms with Gasteiger partial charge in [-0.3, -0.25) is 9.48 Å². The number of aromatic nitrogens is 3. The molecule has 27 heavy (non-hydrogen) atoms. The first kappa shape index (κ1) is 17.9. The first-order valence-electron chi connectivity index (χ1n) is 9.21. The van der Waals surface area contributed by atoms with Gasteiger partial charge in [0, 0.05) is 26.0 Å². The van der Waals surface area contributed by atoms with Crippen LogP contribution >= 0.6 is 0 Å². The van der Waals surface area contributed by atoms with Crippen molar-refractivity contribution < 1.29 is 18.7 Å². The Morgan fingerprint density at radius 2 is 2.30 bits per heavy atom. The summed E-state index contributed by atoms with van der Waals surface area (Å²) in [6.45, 7) is 2.28. The lowest BCUT2D eigenvalue weighted by atomic mass is 9.79. The average molecular weight is 374 g/mol. The van der Waals surface area contributed by atoms with Crippen LogP contribution in [0.4, 0.5) is 4.39 Å². The monoisotopic (exact) mass is 374 g/mol. The Balaban J connectivity index is 1.26. The Morgan fingerprint density at radius 1 is 1.44 bits per heavy atom. The predicted octanol–water partition coefficient (Wildman–Crippen LogP) is 2.04. The smallest absolute Gasteiger partial charge is 0.274 e. The number of hydrogen-bond donors (Lipinski definition) is 0. The van der Waals surface area contributed by atoms with Crippen LogP contribution in [0.25, 0.3) is 0 Å². The third kappa shape index (κ3) is 3.80. The molecule has 7 nitrogen and oxygen atoms in total. The lowest BCUT2D eigenvalue weighted by Crippen LogP contribution is -2.66. The Hall–Kier alpha value is -2.48. The summed E-state index contributed by atoms with van der Waals surface area (Å²) in [6.07, 6.45) is 5.93. The van der Waals surface area contributed by atoms with E-state index in [4.69, 9.17) is 9.47 Å². The van der Waals surface area contributed by atoms with Crippen molar-refractivity contribution in [3.8, 4) is 5.88 Å². The van der Waals surface area contributed by atoms with Crippen LogP contribution in [-0.4, -0.2) is 57.5 Å². The molecule has 8 heteroatoms. The number of ether oxygens (including phenoxy) is 2. The summed E-state index contributed by atoms with van der Waals surface area (Å²) in [6, 6.07) is 4.61. The maximum atomic E-state index is 13.6. The van der Waals surface area contributed by atoms with Crippen LogP contribution in [0.5, 0.6) is 5.88 Å². The minimum atomic E-state index is -0.441. The molecular formula is C19H23FN4O3. The van der Waals surface area contributed by atoms with Gasteiger partial charge in [-0.05, 0) is 43.4 Å². The second-order valence-corrected chi connectivity index (χ2v) is 7.35. The SMILES string of the molecule is Cn1ccc(C(=O)N2CC3(C[C@H](CCOc4ncccc4F)CCO3)C2)n1. The fraction of sp³-hybridized carbons (Fsp3) is 0.526. The Kier molecular flexibility index (Phi) is 4.82. The molecule has 2 saturated heterocycles. The predicted molar refractivity (Wildman–Crippen MR) is 94.8 cm³/mol. The number of halogens is 1. The van der Waals surface area contributed by atoms with Crippen molar-refractivity contribution in [2.75, 3.05) is 26.3 Å². The van der Waals surface area contributed by atoms with Gasteiger partial charge in [0.25, 0.3) is 5.91 Å². The Labute approximate surface area is 157 Å². The molecule has 0 bridgehead atoms. The van der Waals surface area contributed by atoms with Crippen molar-refractivity contribution >= 4 is 5.91 Å². The number of rotatable bonds is 5. The van der Waals surface area contributed by atoms with Crippen LogP contribution in [0.15, 0.2) is 30.6 Å². The fourth-order valence-electron chi connectivity index (χ4n) is 3.88. The first-order chi connectivity index (χ1) is 13.0. The molecule has 2 aromatic heterocycles. The summed E-state index contributed by atoms with van der Waals surface area (Å²) in [4.78, 5) is 18.1. The van der Waals surface area contributed by atoms with Gasteiger partial charge in [0.15, 0.2) is 5.82 Å². The van der Waals surface area contributed by atoms with Crippen LogP contribution < -0.4 is 4.74 Å². The Bertz CT molecular complexity index is 819. The molecular weight excluding hydrogens is 351 g/mol. The van der Waals surface area contributed by atoms with Crippen molar-refractivity contribution in [3.63, 3.8) is 0 Å². The zero-order valence-electron chi connectivity index (χ0n) is 15.3. The third-order valence-corrected chi connectivity index (χ3v) is 5.26. The van der Waals surface area contributed by atoms with Gasteiger partial charge in [-0.25, -0.2) is 9.37 Å². The number of nitrogens with zero attached hydrogens (tertiary/aromatic N) is 4. The summed E-state index contributed by atoms with van der Waals surface area (Å²) in [5.41, 5.74) is 0.203. The van der Waals surface area contributed by atoms with E-state index in [-0.39, 0.29) is 17.4 Å². The summed E-state index contributed by atoms with van der Waals surface area (Å²) in [5, 5.41) is 4.17. The largest absolute Gasteiger partial charge is 0.476 e. The van der Waals surface area contributed by atoms with Crippen LogP contribution in [0.2, 0.25) is 0 Å². The van der Waals surface area contributed by atoms with Gasteiger partial charge >= 0.3 is 0 Å². The number of likely N-dealkylation sites (tertiary alicyclic amines) is 1. The number of pyridine rings is 1. The summed E-state index contributed by atoms with van der Waals surface area (Å²) >= 11 is 0. The normalized spacial score (nSPS) is 21.1. The summed E-state index contributed by atoms with van der Waals surface area (Å²) < 4.78 is 26.7. The molecule has 144 valence electrons. The maximum absolute atomic E-state index is 13.6. The van der Waals surface area contributed by atoms with Gasteiger partial charge in [-0.1, -0.05) is 0 Å². The van der Waals surface area contributed by atoms with E-state index in [0.29, 0.717) is 37.9 Å². The van der Waals surface area contributed by atoms with E-state index < -0.39 is 5.82 Å². The maximum Gasteiger partial charge on any atom is 0.274 e. The van der Waals surface area contributed by atoms with Crippen molar-refractivity contribution in [3.05, 3.63) is 42.1 Å². The van der Waals surface area contributed by atoms with Gasteiger partial charge in [0.2, 0.25) is 5.88 Å². The van der Waals surface area contributed by atoms with Crippen molar-refractivity contribution in [1.29, 1.82) is 0 Å². The number of hydrogen-bond acceptors (Lipinski definition) is 5. The van der Waals surface area contributed by atoms with E-state index in [1.165, 1.54) is 12.3 Å². The molecule has 4 heterocycles. The van der Waals surface area contributed by atoms with Gasteiger partial charge in [0.1, 0.15) is 11.3 Å². The molecule has 0 unspecified atom stereocenters. The highest BCUT2D eigenvalue weighted by Crippen LogP contribution is 2.38. The van der Waals surface area contributed by atoms with E-state index >= 15 is 0 Å². The van der Waals surface area contributed by atoms with E-state index in [1.54, 1.807) is 35.0 Å². The van der Waals surface area contributed by atoms with Gasteiger partial charge in [-0.2, -0.15) is 5.10 Å². The zero-order chi connectivity index (χ0) is 18.9. The summed E-state index contributed by atoms with van der Waals surface area (Å²) in [5.74, 6) is -0.0165. The molecule has 0 saturated carbocycles. The first-order valence-corrected chi connectivity index (χ1v) is 9.21. The molecule has 2 aliphatic rings. The van der Waals surface area contributed by atoms with Crippen LogP contribution in [0.1, 0.15) is 29.8 Å². The van der Waals surface area contributed by atoms with Gasteiger partial charge < -0.3 is 14.4 Å². The highest BCUT2D eigenvalue weighted by atomic mass is 19.1. The van der Waals surface area contributed by atoms with Crippen molar-refractivity contribution in [1.82, 2.24) is 19.7 Å². The van der Waals surface area contributed by atoms with E-state index in [1.807, 2.05) is 0 Å². The van der Waals surface area contributed by atoms with Crippen molar-refractivity contribution in [2.45, 2.75) is 24.9 Å². The molecule has 1 spiro atoms. The van der Waals surface area contributed by atoms with E-state index in [0.717, 1.165) is 19.3 Å². The highest BCUT2D eigenvalue weighted by Gasteiger charge is 2.49. The minimum Gasteiger partial charge on any atom is -0.476 e. The lowest BCUT2D eigenvalue weighted by molar-refractivity contribution is -0.166. The second-order valence-electron chi connectivity index (χ2n) is 7.35. The topological polar surface area (TPSA) is 69.5 Å². The molecule has 4 rings (SSSR count). The summed E-state index contributed by atoms with van der Waals surface area (Å²) in [7, 11) is 1.79. The number of amides is 1. The molecule has 0 radical (unpaired) electrons. The third-order valence-electron chi connectivity index (χ3n) is 5.26. The molecule has 0 aliphatic carbocycles. The lowest BCUT2D eigenvalue weighted by Gasteiger charge is -2.53. The average Bonchev–Trinajstić information content (AvgIpc) is 3.07.